The van der Waals surface area contributed by atoms with E-state index in [1.54, 1.807) is 7.05 Å². The molecule has 0 saturated heterocycles. The minimum atomic E-state index is -0.262. The minimum absolute atomic E-state index is 0.211. The van der Waals surface area contributed by atoms with E-state index in [0.29, 0.717) is 0 Å². The van der Waals surface area contributed by atoms with E-state index in [2.05, 4.69) is 35.9 Å². The van der Waals surface area contributed by atoms with Crippen LogP contribution in [0.4, 0.5) is 0 Å². The number of amides is 1. The van der Waals surface area contributed by atoms with Crippen molar-refractivity contribution in [1.82, 2.24) is 15.1 Å². The standard InChI is InChI=1S/C14H32N4O/c1-5-17(6-2)10-8-11-18(7-3)12-9-13(16-4)14(15)19/h13,16H,5-12H2,1-4H3,(H2,15,19). The molecule has 0 aromatic heterocycles. The molecule has 5 heteroatoms. The van der Waals surface area contributed by atoms with E-state index in [9.17, 15) is 4.79 Å². The molecule has 1 atom stereocenters. The van der Waals surface area contributed by atoms with Gasteiger partial charge in [0.05, 0.1) is 6.04 Å². The normalized spacial score (nSPS) is 13.2. The predicted molar refractivity (Wildman–Crippen MR) is 81.2 cm³/mol. The highest BCUT2D eigenvalue weighted by molar-refractivity contribution is 5.79. The molecule has 0 rings (SSSR count). The van der Waals surface area contributed by atoms with Crippen LogP contribution in [-0.2, 0) is 4.79 Å². The fourth-order valence-electron chi connectivity index (χ4n) is 2.23. The molecule has 0 spiro atoms. The van der Waals surface area contributed by atoms with Crippen LogP contribution in [0, 0.1) is 0 Å². The van der Waals surface area contributed by atoms with Gasteiger partial charge in [0.1, 0.15) is 0 Å². The van der Waals surface area contributed by atoms with Gasteiger partial charge < -0.3 is 20.9 Å². The van der Waals surface area contributed by atoms with Gasteiger partial charge >= 0.3 is 0 Å². The number of nitrogens with two attached hydrogens (primary N) is 1. The molecule has 0 saturated carbocycles. The zero-order valence-electron chi connectivity index (χ0n) is 13.1. The number of nitrogens with zero attached hydrogens (tertiary/aromatic N) is 2. The van der Waals surface area contributed by atoms with Crippen molar-refractivity contribution in [3.63, 3.8) is 0 Å². The zero-order chi connectivity index (χ0) is 14.7. The van der Waals surface area contributed by atoms with Crippen LogP contribution < -0.4 is 11.1 Å². The van der Waals surface area contributed by atoms with E-state index in [0.717, 1.165) is 45.7 Å². The summed E-state index contributed by atoms with van der Waals surface area (Å²) in [6, 6.07) is -0.211. The van der Waals surface area contributed by atoms with Gasteiger partial charge in [0, 0.05) is 6.54 Å². The Labute approximate surface area is 118 Å². The van der Waals surface area contributed by atoms with Gasteiger partial charge in [-0.25, -0.2) is 0 Å². The zero-order valence-corrected chi connectivity index (χ0v) is 13.1. The molecule has 0 aromatic rings. The smallest absolute Gasteiger partial charge is 0.234 e. The van der Waals surface area contributed by atoms with Gasteiger partial charge in [0.25, 0.3) is 0 Å². The summed E-state index contributed by atoms with van der Waals surface area (Å²) < 4.78 is 0. The van der Waals surface area contributed by atoms with Crippen molar-refractivity contribution in [1.29, 1.82) is 0 Å². The van der Waals surface area contributed by atoms with Crippen LogP contribution in [0.1, 0.15) is 33.6 Å². The average molecular weight is 272 g/mol. The Hall–Kier alpha value is -0.650. The van der Waals surface area contributed by atoms with Crippen LogP contribution in [0.25, 0.3) is 0 Å². The van der Waals surface area contributed by atoms with Crippen molar-refractivity contribution in [2.24, 2.45) is 5.73 Å². The van der Waals surface area contributed by atoms with Gasteiger partial charge in [-0.15, -0.1) is 0 Å². The Morgan fingerprint density at radius 3 is 2.00 bits per heavy atom. The predicted octanol–water partition coefficient (Wildman–Crippen LogP) is 0.504. The van der Waals surface area contributed by atoms with Gasteiger partial charge in [-0.3, -0.25) is 4.79 Å². The van der Waals surface area contributed by atoms with E-state index in [-0.39, 0.29) is 11.9 Å². The summed E-state index contributed by atoms with van der Waals surface area (Å²) in [5.74, 6) is -0.262. The van der Waals surface area contributed by atoms with Gasteiger partial charge in [0.15, 0.2) is 0 Å². The molecule has 19 heavy (non-hydrogen) atoms. The first-order valence-electron chi connectivity index (χ1n) is 7.50. The fraction of sp³-hybridized carbons (Fsp3) is 0.929. The molecule has 0 aromatic carbocycles. The second-order valence-corrected chi connectivity index (χ2v) is 4.85. The highest BCUT2D eigenvalue weighted by Crippen LogP contribution is 1.99. The summed E-state index contributed by atoms with van der Waals surface area (Å²) in [6.45, 7) is 13.0. The van der Waals surface area contributed by atoms with Gasteiger partial charge in [-0.05, 0) is 52.6 Å². The van der Waals surface area contributed by atoms with Crippen LogP contribution >= 0.6 is 0 Å². The number of nitrogens with one attached hydrogen (secondary N) is 1. The first-order valence-corrected chi connectivity index (χ1v) is 7.50. The van der Waals surface area contributed by atoms with Crippen molar-refractivity contribution >= 4 is 5.91 Å². The van der Waals surface area contributed by atoms with E-state index in [1.165, 1.54) is 6.42 Å². The lowest BCUT2D eigenvalue weighted by molar-refractivity contribution is -0.120. The molecule has 0 aliphatic heterocycles. The Balaban J connectivity index is 3.91. The molecule has 114 valence electrons. The summed E-state index contributed by atoms with van der Waals surface area (Å²) in [5.41, 5.74) is 5.32. The molecule has 0 bridgehead atoms. The molecule has 0 radical (unpaired) electrons. The number of likely N-dealkylation sites (N-methyl/N-ethyl adjacent to an activating group) is 1. The number of carbonyl (C=O) groups is 1. The molecule has 1 unspecified atom stereocenters. The molecule has 1 amide bonds. The van der Waals surface area contributed by atoms with E-state index >= 15 is 0 Å². The molecular weight excluding hydrogens is 240 g/mol. The van der Waals surface area contributed by atoms with Crippen LogP contribution in [0.5, 0.6) is 0 Å². The van der Waals surface area contributed by atoms with Gasteiger partial charge in [-0.2, -0.15) is 0 Å². The SMILES string of the molecule is CCN(CC)CCCN(CC)CCC(NC)C(N)=O. The number of carbonyl (C=O) groups excluding carboxylic acids is 1. The minimum Gasteiger partial charge on any atom is -0.368 e. The van der Waals surface area contributed by atoms with Crippen molar-refractivity contribution in [3.05, 3.63) is 0 Å². The van der Waals surface area contributed by atoms with Crippen LogP contribution in [0.15, 0.2) is 0 Å². The summed E-state index contributed by atoms with van der Waals surface area (Å²) >= 11 is 0. The maximum atomic E-state index is 11.1. The Bertz CT molecular complexity index is 231. The molecule has 0 heterocycles. The maximum Gasteiger partial charge on any atom is 0.234 e. The number of rotatable bonds is 12. The molecule has 3 N–H and O–H groups in total. The lowest BCUT2D eigenvalue weighted by Crippen LogP contribution is -2.42. The third-order valence-corrected chi connectivity index (χ3v) is 3.72. The second-order valence-electron chi connectivity index (χ2n) is 4.85. The van der Waals surface area contributed by atoms with Crippen molar-refractivity contribution in [3.8, 4) is 0 Å². The summed E-state index contributed by atoms with van der Waals surface area (Å²) in [4.78, 5) is 16.0. The van der Waals surface area contributed by atoms with Gasteiger partial charge in [0.2, 0.25) is 5.91 Å². The molecule has 5 nitrogen and oxygen atoms in total. The number of hydrogen-bond acceptors (Lipinski definition) is 4. The molecular formula is C14H32N4O. The largest absolute Gasteiger partial charge is 0.368 e. The highest BCUT2D eigenvalue weighted by Gasteiger charge is 2.14. The highest BCUT2D eigenvalue weighted by atomic mass is 16.1. The molecule has 0 aliphatic rings. The molecule has 0 aliphatic carbocycles. The van der Waals surface area contributed by atoms with E-state index in [4.69, 9.17) is 5.73 Å². The summed E-state index contributed by atoms with van der Waals surface area (Å²) in [5, 5.41) is 2.96. The fourth-order valence-corrected chi connectivity index (χ4v) is 2.23. The first kappa shape index (κ1) is 18.4. The first-order chi connectivity index (χ1) is 9.08. The quantitative estimate of drug-likeness (QED) is 0.543. The third kappa shape index (κ3) is 8.18. The third-order valence-electron chi connectivity index (χ3n) is 3.72. The molecule has 0 fully saturated rings. The average Bonchev–Trinajstić information content (AvgIpc) is 2.41. The van der Waals surface area contributed by atoms with Crippen molar-refractivity contribution < 1.29 is 4.79 Å². The number of primary amides is 1. The van der Waals surface area contributed by atoms with Crippen molar-refractivity contribution in [2.75, 3.05) is 46.3 Å². The Morgan fingerprint density at radius 1 is 1.05 bits per heavy atom. The summed E-state index contributed by atoms with van der Waals surface area (Å²) in [6.07, 6.45) is 1.96. The van der Waals surface area contributed by atoms with Crippen LogP contribution in [0.2, 0.25) is 0 Å². The Kier molecular flexibility index (Phi) is 10.8. The van der Waals surface area contributed by atoms with Crippen LogP contribution in [0.3, 0.4) is 0 Å². The maximum absolute atomic E-state index is 11.1. The van der Waals surface area contributed by atoms with E-state index in [1.807, 2.05) is 0 Å². The van der Waals surface area contributed by atoms with Crippen LogP contribution in [-0.4, -0.2) is 68.1 Å². The van der Waals surface area contributed by atoms with Gasteiger partial charge in [-0.1, -0.05) is 20.8 Å². The monoisotopic (exact) mass is 272 g/mol. The lowest BCUT2D eigenvalue weighted by Gasteiger charge is -2.24. The lowest BCUT2D eigenvalue weighted by atomic mass is 10.2. The van der Waals surface area contributed by atoms with Crippen molar-refractivity contribution in [2.45, 2.75) is 39.7 Å². The topological polar surface area (TPSA) is 61.6 Å². The number of hydrogen-bond donors (Lipinski definition) is 2. The Morgan fingerprint density at radius 2 is 1.58 bits per heavy atom. The summed E-state index contributed by atoms with van der Waals surface area (Å²) in [7, 11) is 1.78. The van der Waals surface area contributed by atoms with E-state index < -0.39 is 0 Å². The second kappa shape index (κ2) is 11.2.